The Bertz CT molecular complexity index is 728. The van der Waals surface area contributed by atoms with E-state index in [1.807, 2.05) is 31.2 Å². The second-order valence-electron chi connectivity index (χ2n) is 5.10. The standard InChI is InChI=1S/C17H18N2O5/c1-12-3-5-13(6-4-12)24-10-9-17(20)18-15-8-7-14(23-2)11-16(15)19(21)22/h3-8,11H,9-10H2,1-2H3,(H,18,20). The molecular formula is C17H18N2O5. The summed E-state index contributed by atoms with van der Waals surface area (Å²) in [7, 11) is 1.42. The number of hydrogen-bond acceptors (Lipinski definition) is 5. The van der Waals surface area contributed by atoms with Gasteiger partial charge in [0.25, 0.3) is 5.69 Å². The van der Waals surface area contributed by atoms with E-state index in [2.05, 4.69) is 5.32 Å². The molecule has 2 rings (SSSR count). The third-order valence-electron chi connectivity index (χ3n) is 3.29. The van der Waals surface area contributed by atoms with E-state index < -0.39 is 4.92 Å². The van der Waals surface area contributed by atoms with Crippen LogP contribution in [0.2, 0.25) is 0 Å². The second kappa shape index (κ2) is 7.96. The Morgan fingerprint density at radius 3 is 2.46 bits per heavy atom. The van der Waals surface area contributed by atoms with Crippen molar-refractivity contribution in [1.29, 1.82) is 0 Å². The number of carbonyl (C=O) groups is 1. The zero-order chi connectivity index (χ0) is 17.5. The summed E-state index contributed by atoms with van der Waals surface area (Å²) in [5.74, 6) is 0.654. The maximum atomic E-state index is 11.9. The average Bonchev–Trinajstić information content (AvgIpc) is 2.57. The molecule has 0 unspecified atom stereocenters. The number of nitrogens with zero attached hydrogens (tertiary/aromatic N) is 1. The fourth-order valence-corrected chi connectivity index (χ4v) is 2.00. The van der Waals surface area contributed by atoms with Crippen molar-refractivity contribution in [2.75, 3.05) is 19.0 Å². The van der Waals surface area contributed by atoms with E-state index in [0.29, 0.717) is 11.5 Å². The summed E-state index contributed by atoms with van der Waals surface area (Å²) < 4.78 is 10.4. The second-order valence-corrected chi connectivity index (χ2v) is 5.10. The average molecular weight is 330 g/mol. The SMILES string of the molecule is COc1ccc(NC(=O)CCOc2ccc(C)cc2)c([N+](=O)[O-])c1. The van der Waals surface area contributed by atoms with Gasteiger partial charge in [0.05, 0.1) is 31.1 Å². The molecule has 0 aliphatic rings. The number of amides is 1. The molecule has 0 atom stereocenters. The van der Waals surface area contributed by atoms with Gasteiger partial charge < -0.3 is 14.8 Å². The van der Waals surface area contributed by atoms with Crippen LogP contribution in [0.15, 0.2) is 42.5 Å². The summed E-state index contributed by atoms with van der Waals surface area (Å²) in [6, 6.07) is 11.7. The number of nitrogens with one attached hydrogen (secondary N) is 1. The summed E-state index contributed by atoms with van der Waals surface area (Å²) in [5.41, 5.74) is 1.02. The van der Waals surface area contributed by atoms with Crippen molar-refractivity contribution in [3.05, 3.63) is 58.1 Å². The minimum atomic E-state index is -0.569. The van der Waals surface area contributed by atoms with E-state index in [1.165, 1.54) is 19.2 Å². The number of carbonyl (C=O) groups excluding carboxylic acids is 1. The molecule has 0 aromatic heterocycles. The Kier molecular flexibility index (Phi) is 5.73. The van der Waals surface area contributed by atoms with Gasteiger partial charge in [-0.2, -0.15) is 0 Å². The van der Waals surface area contributed by atoms with Gasteiger partial charge in [0, 0.05) is 0 Å². The predicted molar refractivity (Wildman–Crippen MR) is 89.6 cm³/mol. The zero-order valence-electron chi connectivity index (χ0n) is 13.4. The van der Waals surface area contributed by atoms with Crippen molar-refractivity contribution in [1.82, 2.24) is 0 Å². The number of aryl methyl sites for hydroxylation is 1. The Morgan fingerprint density at radius 2 is 1.83 bits per heavy atom. The van der Waals surface area contributed by atoms with Crippen LogP contribution in [-0.4, -0.2) is 24.5 Å². The van der Waals surface area contributed by atoms with Crippen LogP contribution in [0.4, 0.5) is 11.4 Å². The lowest BCUT2D eigenvalue weighted by atomic mass is 10.2. The predicted octanol–water partition coefficient (Wildman–Crippen LogP) is 3.32. The molecular weight excluding hydrogens is 312 g/mol. The number of anilines is 1. The van der Waals surface area contributed by atoms with Gasteiger partial charge >= 0.3 is 0 Å². The van der Waals surface area contributed by atoms with Crippen LogP contribution < -0.4 is 14.8 Å². The number of rotatable bonds is 7. The molecule has 126 valence electrons. The van der Waals surface area contributed by atoms with Gasteiger partial charge in [0.15, 0.2) is 0 Å². The van der Waals surface area contributed by atoms with Gasteiger partial charge in [0.2, 0.25) is 5.91 Å². The van der Waals surface area contributed by atoms with Crippen molar-refractivity contribution in [3.63, 3.8) is 0 Å². The maximum absolute atomic E-state index is 11.9. The van der Waals surface area contributed by atoms with E-state index in [1.54, 1.807) is 6.07 Å². The molecule has 0 radical (unpaired) electrons. The normalized spacial score (nSPS) is 10.1. The first-order valence-corrected chi connectivity index (χ1v) is 7.31. The molecule has 24 heavy (non-hydrogen) atoms. The van der Waals surface area contributed by atoms with Crippen LogP contribution in [0.5, 0.6) is 11.5 Å². The Morgan fingerprint density at radius 1 is 1.17 bits per heavy atom. The molecule has 0 aliphatic heterocycles. The number of hydrogen-bond donors (Lipinski definition) is 1. The highest BCUT2D eigenvalue weighted by molar-refractivity contribution is 5.93. The molecule has 0 spiro atoms. The molecule has 7 heteroatoms. The highest BCUT2D eigenvalue weighted by atomic mass is 16.6. The minimum Gasteiger partial charge on any atom is -0.496 e. The molecule has 0 saturated carbocycles. The van der Waals surface area contributed by atoms with E-state index in [-0.39, 0.29) is 30.3 Å². The van der Waals surface area contributed by atoms with Crippen LogP contribution in [0, 0.1) is 17.0 Å². The summed E-state index contributed by atoms with van der Waals surface area (Å²) in [6.45, 7) is 2.15. The lowest BCUT2D eigenvalue weighted by molar-refractivity contribution is -0.384. The first-order chi connectivity index (χ1) is 11.5. The van der Waals surface area contributed by atoms with Gasteiger partial charge in [0.1, 0.15) is 17.2 Å². The van der Waals surface area contributed by atoms with E-state index in [4.69, 9.17) is 9.47 Å². The lowest BCUT2D eigenvalue weighted by Gasteiger charge is -2.09. The van der Waals surface area contributed by atoms with Crippen LogP contribution >= 0.6 is 0 Å². The highest BCUT2D eigenvalue weighted by Crippen LogP contribution is 2.29. The van der Waals surface area contributed by atoms with Gasteiger partial charge in [-0.3, -0.25) is 14.9 Å². The van der Waals surface area contributed by atoms with Gasteiger partial charge in [-0.05, 0) is 31.2 Å². The molecule has 1 N–H and O–H groups in total. The van der Waals surface area contributed by atoms with Crippen molar-refractivity contribution in [3.8, 4) is 11.5 Å². The smallest absolute Gasteiger partial charge is 0.296 e. The number of ether oxygens (including phenoxy) is 2. The third kappa shape index (κ3) is 4.70. The Balaban J connectivity index is 1.92. The van der Waals surface area contributed by atoms with Gasteiger partial charge in [-0.1, -0.05) is 17.7 Å². The summed E-state index contributed by atoms with van der Waals surface area (Å²) in [5, 5.41) is 13.6. The molecule has 0 heterocycles. The maximum Gasteiger partial charge on any atom is 0.296 e. The Hall–Kier alpha value is -3.09. The molecule has 7 nitrogen and oxygen atoms in total. The van der Waals surface area contributed by atoms with E-state index in [0.717, 1.165) is 5.56 Å². The number of nitro groups is 1. The molecule has 0 saturated heterocycles. The fourth-order valence-electron chi connectivity index (χ4n) is 2.00. The quantitative estimate of drug-likeness (QED) is 0.621. The zero-order valence-corrected chi connectivity index (χ0v) is 13.4. The molecule has 0 fully saturated rings. The van der Waals surface area contributed by atoms with Crippen molar-refractivity contribution >= 4 is 17.3 Å². The van der Waals surface area contributed by atoms with Crippen LogP contribution in [0.1, 0.15) is 12.0 Å². The molecule has 2 aromatic rings. The number of methoxy groups -OCH3 is 1. The number of benzene rings is 2. The molecule has 0 aliphatic carbocycles. The fraction of sp³-hybridized carbons (Fsp3) is 0.235. The summed E-state index contributed by atoms with van der Waals surface area (Å²) in [6.07, 6.45) is 0.0804. The highest BCUT2D eigenvalue weighted by Gasteiger charge is 2.17. The molecule has 1 amide bonds. The summed E-state index contributed by atoms with van der Waals surface area (Å²) >= 11 is 0. The molecule has 0 bridgehead atoms. The van der Waals surface area contributed by atoms with Crippen LogP contribution in [0.3, 0.4) is 0 Å². The first-order valence-electron chi connectivity index (χ1n) is 7.31. The van der Waals surface area contributed by atoms with Gasteiger partial charge in [-0.15, -0.1) is 0 Å². The number of nitro benzene ring substituents is 1. The topological polar surface area (TPSA) is 90.7 Å². The minimum absolute atomic E-state index is 0.0804. The largest absolute Gasteiger partial charge is 0.496 e. The van der Waals surface area contributed by atoms with Crippen LogP contribution in [-0.2, 0) is 4.79 Å². The lowest BCUT2D eigenvalue weighted by Crippen LogP contribution is -2.16. The monoisotopic (exact) mass is 330 g/mol. The Labute approximate surface area is 139 Å². The molecule has 2 aromatic carbocycles. The van der Waals surface area contributed by atoms with E-state index >= 15 is 0 Å². The van der Waals surface area contributed by atoms with Crippen LogP contribution in [0.25, 0.3) is 0 Å². The van der Waals surface area contributed by atoms with E-state index in [9.17, 15) is 14.9 Å². The third-order valence-corrected chi connectivity index (χ3v) is 3.29. The van der Waals surface area contributed by atoms with Gasteiger partial charge in [-0.25, -0.2) is 0 Å². The van der Waals surface area contributed by atoms with Crippen molar-refractivity contribution < 1.29 is 19.2 Å². The van der Waals surface area contributed by atoms with Crippen molar-refractivity contribution in [2.24, 2.45) is 0 Å². The summed E-state index contributed by atoms with van der Waals surface area (Å²) in [4.78, 5) is 22.4. The first kappa shape index (κ1) is 17.3. The van der Waals surface area contributed by atoms with Crippen molar-refractivity contribution in [2.45, 2.75) is 13.3 Å².